The summed E-state index contributed by atoms with van der Waals surface area (Å²) >= 11 is 3.44. The molecule has 0 aliphatic rings. The predicted octanol–water partition coefficient (Wildman–Crippen LogP) is 6.40. The largest absolute Gasteiger partial charge is 0.488 e. The quantitative estimate of drug-likeness (QED) is 0.364. The molecular weight excluding hydrogens is 386 g/mol. The zero-order valence-corrected chi connectivity index (χ0v) is 16.0. The van der Waals surface area contributed by atoms with Crippen molar-refractivity contribution in [1.29, 1.82) is 5.26 Å². The zero-order chi connectivity index (χ0) is 18.4. The van der Waals surface area contributed by atoms with Crippen molar-refractivity contribution in [3.8, 4) is 11.8 Å². The van der Waals surface area contributed by atoms with E-state index in [1.54, 1.807) is 0 Å². The molecule has 0 N–H and O–H groups in total. The standard InChI is InChI=1S/C23H18BrNO/c1-17-6-10-19(11-7-17)21(15-25)14-20-4-2-3-5-23(20)26-16-18-8-12-22(24)13-9-18/h2-14H,16H2,1H3/b21-14+. The highest BCUT2D eigenvalue weighted by molar-refractivity contribution is 9.10. The first-order valence-electron chi connectivity index (χ1n) is 8.31. The van der Waals surface area contributed by atoms with Crippen LogP contribution in [0.4, 0.5) is 0 Å². The fourth-order valence-corrected chi connectivity index (χ4v) is 2.81. The van der Waals surface area contributed by atoms with E-state index in [0.29, 0.717) is 12.2 Å². The molecule has 128 valence electrons. The Bertz CT molecular complexity index is 951. The molecule has 2 nitrogen and oxygen atoms in total. The fraction of sp³-hybridized carbons (Fsp3) is 0.0870. The van der Waals surface area contributed by atoms with Gasteiger partial charge in [-0.05, 0) is 42.3 Å². The van der Waals surface area contributed by atoms with E-state index in [1.807, 2.05) is 85.8 Å². The molecular formula is C23H18BrNO. The van der Waals surface area contributed by atoms with Gasteiger partial charge in [-0.2, -0.15) is 5.26 Å². The van der Waals surface area contributed by atoms with Crippen LogP contribution < -0.4 is 4.74 Å². The molecule has 0 fully saturated rings. The molecule has 0 aromatic heterocycles. The lowest BCUT2D eigenvalue weighted by Crippen LogP contribution is -1.97. The van der Waals surface area contributed by atoms with Gasteiger partial charge in [0.1, 0.15) is 12.4 Å². The van der Waals surface area contributed by atoms with E-state index in [4.69, 9.17) is 4.74 Å². The van der Waals surface area contributed by atoms with Gasteiger partial charge >= 0.3 is 0 Å². The summed E-state index contributed by atoms with van der Waals surface area (Å²) in [5, 5.41) is 9.57. The Morgan fingerprint density at radius 3 is 2.38 bits per heavy atom. The van der Waals surface area contributed by atoms with E-state index in [1.165, 1.54) is 5.56 Å². The van der Waals surface area contributed by atoms with Gasteiger partial charge in [0, 0.05) is 10.0 Å². The van der Waals surface area contributed by atoms with Gasteiger partial charge in [-0.25, -0.2) is 0 Å². The molecule has 0 radical (unpaired) electrons. The van der Waals surface area contributed by atoms with Gasteiger partial charge in [-0.3, -0.25) is 0 Å². The summed E-state index contributed by atoms with van der Waals surface area (Å²) in [6.45, 7) is 2.51. The third-order valence-electron chi connectivity index (χ3n) is 4.01. The van der Waals surface area contributed by atoms with E-state index in [-0.39, 0.29) is 0 Å². The molecule has 3 aromatic rings. The van der Waals surface area contributed by atoms with E-state index in [9.17, 15) is 5.26 Å². The van der Waals surface area contributed by atoms with Crippen LogP contribution in [-0.4, -0.2) is 0 Å². The number of rotatable bonds is 5. The van der Waals surface area contributed by atoms with E-state index >= 15 is 0 Å². The Balaban J connectivity index is 1.84. The number of aryl methyl sites for hydroxylation is 1. The number of benzene rings is 3. The van der Waals surface area contributed by atoms with Crippen LogP contribution in [0.15, 0.2) is 77.3 Å². The van der Waals surface area contributed by atoms with Crippen LogP contribution in [0.25, 0.3) is 11.6 Å². The highest BCUT2D eigenvalue weighted by atomic mass is 79.9. The number of hydrogen-bond donors (Lipinski definition) is 0. The van der Waals surface area contributed by atoms with Crippen molar-refractivity contribution in [2.24, 2.45) is 0 Å². The Hall–Kier alpha value is -2.83. The molecule has 3 heteroatoms. The number of ether oxygens (including phenoxy) is 1. The third kappa shape index (κ3) is 4.62. The van der Waals surface area contributed by atoms with Gasteiger partial charge in [0.2, 0.25) is 0 Å². The van der Waals surface area contributed by atoms with Gasteiger partial charge in [0.05, 0.1) is 11.6 Å². The minimum Gasteiger partial charge on any atom is -0.488 e. The molecule has 26 heavy (non-hydrogen) atoms. The van der Waals surface area contributed by atoms with Gasteiger partial charge in [0.15, 0.2) is 0 Å². The van der Waals surface area contributed by atoms with Crippen molar-refractivity contribution in [1.82, 2.24) is 0 Å². The Labute approximate surface area is 162 Å². The number of para-hydroxylation sites is 1. The number of halogens is 1. The first-order valence-corrected chi connectivity index (χ1v) is 9.10. The lowest BCUT2D eigenvalue weighted by atomic mass is 10.0. The summed E-state index contributed by atoms with van der Waals surface area (Å²) in [6.07, 6.45) is 1.88. The molecule has 0 aliphatic carbocycles. The van der Waals surface area contributed by atoms with Gasteiger partial charge in [0.25, 0.3) is 0 Å². The first kappa shape index (κ1) is 18.0. The number of hydrogen-bond acceptors (Lipinski definition) is 2. The molecule has 0 atom stereocenters. The SMILES string of the molecule is Cc1ccc(/C(C#N)=C/c2ccccc2OCc2ccc(Br)cc2)cc1. The second-order valence-electron chi connectivity index (χ2n) is 5.99. The summed E-state index contributed by atoms with van der Waals surface area (Å²) < 4.78 is 7.04. The minimum atomic E-state index is 0.477. The van der Waals surface area contributed by atoms with Crippen LogP contribution in [0.1, 0.15) is 22.3 Å². The maximum Gasteiger partial charge on any atom is 0.127 e. The van der Waals surface area contributed by atoms with Crippen molar-refractivity contribution < 1.29 is 4.74 Å². The first-order chi connectivity index (χ1) is 12.7. The lowest BCUT2D eigenvalue weighted by molar-refractivity contribution is 0.305. The summed E-state index contributed by atoms with van der Waals surface area (Å²) in [5.74, 6) is 0.760. The Kier molecular flexibility index (Phi) is 5.88. The molecule has 0 aliphatic heterocycles. The van der Waals surface area contributed by atoms with E-state index < -0.39 is 0 Å². The van der Waals surface area contributed by atoms with E-state index in [2.05, 4.69) is 22.0 Å². The molecule has 3 rings (SSSR count). The molecule has 0 bridgehead atoms. The zero-order valence-electron chi connectivity index (χ0n) is 14.4. The average molecular weight is 404 g/mol. The minimum absolute atomic E-state index is 0.477. The van der Waals surface area contributed by atoms with Crippen molar-refractivity contribution in [2.45, 2.75) is 13.5 Å². The van der Waals surface area contributed by atoms with Crippen LogP contribution in [0.2, 0.25) is 0 Å². The normalized spacial score (nSPS) is 11.0. The maximum absolute atomic E-state index is 9.57. The van der Waals surface area contributed by atoms with Crippen LogP contribution in [0, 0.1) is 18.3 Å². The van der Waals surface area contributed by atoms with Crippen LogP contribution >= 0.6 is 15.9 Å². The Morgan fingerprint density at radius 2 is 1.69 bits per heavy atom. The lowest BCUT2D eigenvalue weighted by Gasteiger charge is -2.10. The van der Waals surface area contributed by atoms with Crippen molar-refractivity contribution >= 4 is 27.6 Å². The van der Waals surface area contributed by atoms with Gasteiger partial charge < -0.3 is 4.74 Å². The molecule has 0 amide bonds. The number of nitrogens with zero attached hydrogens (tertiary/aromatic N) is 1. The van der Waals surface area contributed by atoms with Crippen LogP contribution in [0.5, 0.6) is 5.75 Å². The summed E-state index contributed by atoms with van der Waals surface area (Å²) in [5.41, 5.74) is 4.67. The number of allylic oxidation sites excluding steroid dienone is 1. The Morgan fingerprint density at radius 1 is 1.00 bits per heavy atom. The molecule has 3 aromatic carbocycles. The monoisotopic (exact) mass is 403 g/mol. The van der Waals surface area contributed by atoms with Crippen LogP contribution in [-0.2, 0) is 6.61 Å². The van der Waals surface area contributed by atoms with Crippen LogP contribution in [0.3, 0.4) is 0 Å². The average Bonchev–Trinajstić information content (AvgIpc) is 2.67. The molecule has 0 saturated carbocycles. The second-order valence-corrected chi connectivity index (χ2v) is 6.90. The van der Waals surface area contributed by atoms with Crippen molar-refractivity contribution in [3.63, 3.8) is 0 Å². The van der Waals surface area contributed by atoms with E-state index in [0.717, 1.165) is 26.9 Å². The predicted molar refractivity (Wildman–Crippen MR) is 110 cm³/mol. The fourth-order valence-electron chi connectivity index (χ4n) is 2.54. The van der Waals surface area contributed by atoms with Crippen molar-refractivity contribution in [3.05, 3.63) is 99.5 Å². The molecule has 0 heterocycles. The maximum atomic E-state index is 9.57. The highest BCUT2D eigenvalue weighted by Gasteiger charge is 2.06. The molecule has 0 saturated heterocycles. The smallest absolute Gasteiger partial charge is 0.127 e. The van der Waals surface area contributed by atoms with Gasteiger partial charge in [-0.1, -0.05) is 76.1 Å². The summed E-state index contributed by atoms with van der Waals surface area (Å²) in [6, 6.07) is 26.1. The molecule has 0 unspecified atom stereocenters. The summed E-state index contributed by atoms with van der Waals surface area (Å²) in [7, 11) is 0. The highest BCUT2D eigenvalue weighted by Crippen LogP contribution is 2.25. The number of nitriles is 1. The summed E-state index contributed by atoms with van der Waals surface area (Å²) in [4.78, 5) is 0. The topological polar surface area (TPSA) is 33.0 Å². The second kappa shape index (κ2) is 8.51. The third-order valence-corrected chi connectivity index (χ3v) is 4.54. The van der Waals surface area contributed by atoms with Gasteiger partial charge in [-0.15, -0.1) is 0 Å². The van der Waals surface area contributed by atoms with Crippen molar-refractivity contribution in [2.75, 3.05) is 0 Å². The molecule has 0 spiro atoms.